The van der Waals surface area contributed by atoms with Crippen molar-refractivity contribution < 1.29 is 9.84 Å². The molecule has 0 heterocycles. The highest BCUT2D eigenvalue weighted by molar-refractivity contribution is 5.37. The van der Waals surface area contributed by atoms with Crippen molar-refractivity contribution in [1.82, 2.24) is 0 Å². The molecule has 0 saturated heterocycles. The number of ether oxygens (including phenoxy) is 1. The molecule has 1 fully saturated rings. The van der Waals surface area contributed by atoms with Crippen molar-refractivity contribution in [2.24, 2.45) is 11.3 Å². The summed E-state index contributed by atoms with van der Waals surface area (Å²) in [5.41, 5.74) is 1.25. The fraction of sp³-hybridized carbons (Fsp3) is 0.520. The smallest absolute Gasteiger partial charge is 0.119 e. The number of allylic oxidation sites excluding steroid dienone is 4. The van der Waals surface area contributed by atoms with Gasteiger partial charge in [-0.2, -0.15) is 0 Å². The van der Waals surface area contributed by atoms with E-state index in [2.05, 4.69) is 51.6 Å². The first-order valence-electron chi connectivity index (χ1n) is 9.95. The van der Waals surface area contributed by atoms with Crippen molar-refractivity contribution in [2.75, 3.05) is 0 Å². The topological polar surface area (TPSA) is 29.5 Å². The van der Waals surface area contributed by atoms with Crippen LogP contribution < -0.4 is 0 Å². The van der Waals surface area contributed by atoms with Crippen molar-refractivity contribution >= 4 is 0 Å². The van der Waals surface area contributed by atoms with Gasteiger partial charge in [0.2, 0.25) is 0 Å². The lowest BCUT2D eigenvalue weighted by Gasteiger charge is -2.47. The summed E-state index contributed by atoms with van der Waals surface area (Å²) in [6.45, 7) is 17.1. The second-order valence-electron chi connectivity index (χ2n) is 9.90. The van der Waals surface area contributed by atoms with Gasteiger partial charge >= 0.3 is 0 Å². The molecular formula is C25H36O2. The molecule has 1 N–H and O–H groups in total. The standard InChI is InChI=1S/C25H36O2/c1-8-22(27-23(3,4)5)10-9-15-25(20-11-13-21(26)14-12-20)17-19(2)16-24(6,7)18-25/h8-15,19,26H,1,16-18H2,2-7H3/b15-9+,22-10+. The van der Waals surface area contributed by atoms with Gasteiger partial charge in [-0.25, -0.2) is 0 Å². The summed E-state index contributed by atoms with van der Waals surface area (Å²) in [6.07, 6.45) is 11.6. The largest absolute Gasteiger partial charge is 0.508 e. The molecule has 1 aromatic carbocycles. The quantitative estimate of drug-likeness (QED) is 0.451. The maximum absolute atomic E-state index is 9.73. The summed E-state index contributed by atoms with van der Waals surface area (Å²) >= 11 is 0. The van der Waals surface area contributed by atoms with Gasteiger partial charge in [0.1, 0.15) is 17.1 Å². The molecule has 2 heteroatoms. The van der Waals surface area contributed by atoms with Crippen LogP contribution in [0.1, 0.15) is 66.4 Å². The van der Waals surface area contributed by atoms with Crippen LogP contribution in [0.15, 0.2) is 60.9 Å². The zero-order chi connectivity index (χ0) is 20.3. The van der Waals surface area contributed by atoms with E-state index in [0.29, 0.717) is 11.7 Å². The Morgan fingerprint density at radius 1 is 1.19 bits per heavy atom. The Bertz CT molecular complexity index is 701. The van der Waals surface area contributed by atoms with Gasteiger partial charge in [-0.3, -0.25) is 0 Å². The maximum atomic E-state index is 9.73. The van der Waals surface area contributed by atoms with Crippen molar-refractivity contribution in [3.63, 3.8) is 0 Å². The molecule has 1 aliphatic carbocycles. The van der Waals surface area contributed by atoms with E-state index in [4.69, 9.17) is 4.74 Å². The lowest BCUT2D eigenvalue weighted by molar-refractivity contribution is 0.0601. The number of hydrogen-bond donors (Lipinski definition) is 1. The van der Waals surface area contributed by atoms with E-state index in [9.17, 15) is 5.11 Å². The first-order valence-corrected chi connectivity index (χ1v) is 9.95. The van der Waals surface area contributed by atoms with Gasteiger partial charge < -0.3 is 9.84 Å². The number of aromatic hydroxyl groups is 1. The third kappa shape index (κ3) is 6.02. The fourth-order valence-corrected chi connectivity index (χ4v) is 4.70. The first-order chi connectivity index (χ1) is 12.4. The van der Waals surface area contributed by atoms with Gasteiger partial charge in [-0.1, -0.05) is 51.6 Å². The van der Waals surface area contributed by atoms with Gasteiger partial charge in [-0.15, -0.1) is 0 Å². The molecule has 0 amide bonds. The molecule has 2 rings (SSSR count). The van der Waals surface area contributed by atoms with Crippen LogP contribution in [-0.2, 0) is 10.2 Å². The summed E-state index contributed by atoms with van der Waals surface area (Å²) in [6, 6.07) is 7.73. The molecule has 2 atom stereocenters. The second kappa shape index (κ2) is 7.96. The van der Waals surface area contributed by atoms with Crippen LogP contribution in [0.4, 0.5) is 0 Å². The van der Waals surface area contributed by atoms with Gasteiger partial charge in [-0.05, 0) is 81.2 Å². The molecule has 0 spiro atoms. The Labute approximate surface area is 165 Å². The Kier molecular flexibility index (Phi) is 6.29. The summed E-state index contributed by atoms with van der Waals surface area (Å²) < 4.78 is 5.95. The molecule has 0 radical (unpaired) electrons. The van der Waals surface area contributed by atoms with E-state index in [-0.39, 0.29) is 16.4 Å². The molecule has 0 aliphatic heterocycles. The lowest BCUT2D eigenvalue weighted by atomic mass is 9.58. The lowest BCUT2D eigenvalue weighted by Crippen LogP contribution is -2.38. The Morgan fingerprint density at radius 3 is 2.33 bits per heavy atom. The van der Waals surface area contributed by atoms with E-state index >= 15 is 0 Å². The van der Waals surface area contributed by atoms with Crippen LogP contribution in [-0.4, -0.2) is 10.7 Å². The molecule has 148 valence electrons. The maximum Gasteiger partial charge on any atom is 0.119 e. The SMILES string of the molecule is C=C/C(=C\C=C\C1(c2ccc(O)cc2)CC(C)CC(C)(C)C1)OC(C)(C)C. The number of phenols is 1. The molecule has 0 aromatic heterocycles. The molecule has 1 saturated carbocycles. The Hall–Kier alpha value is -1.96. The van der Waals surface area contributed by atoms with Crippen LogP contribution in [0.5, 0.6) is 5.75 Å². The normalized spacial score (nSPS) is 26.1. The minimum absolute atomic E-state index is 0.0423. The van der Waals surface area contributed by atoms with Crippen LogP contribution >= 0.6 is 0 Å². The van der Waals surface area contributed by atoms with E-state index in [1.165, 1.54) is 12.0 Å². The second-order valence-corrected chi connectivity index (χ2v) is 9.90. The van der Waals surface area contributed by atoms with Gasteiger partial charge in [0.25, 0.3) is 0 Å². The van der Waals surface area contributed by atoms with E-state index in [0.717, 1.165) is 18.6 Å². The zero-order valence-electron chi connectivity index (χ0n) is 17.9. The molecule has 2 unspecified atom stereocenters. The number of phenolic OH excluding ortho intramolecular Hbond substituents is 1. The summed E-state index contributed by atoms with van der Waals surface area (Å²) in [5, 5.41) is 9.73. The van der Waals surface area contributed by atoms with Crippen LogP contribution in [0.2, 0.25) is 0 Å². The van der Waals surface area contributed by atoms with Crippen LogP contribution in [0.3, 0.4) is 0 Å². The molecular weight excluding hydrogens is 332 g/mol. The third-order valence-electron chi connectivity index (χ3n) is 5.15. The summed E-state index contributed by atoms with van der Waals surface area (Å²) in [7, 11) is 0. The third-order valence-corrected chi connectivity index (χ3v) is 5.15. The zero-order valence-corrected chi connectivity index (χ0v) is 17.9. The van der Waals surface area contributed by atoms with Crippen LogP contribution in [0, 0.1) is 11.3 Å². The highest BCUT2D eigenvalue weighted by atomic mass is 16.5. The number of benzene rings is 1. The predicted octanol–water partition coefficient (Wildman–Crippen LogP) is 6.92. The van der Waals surface area contributed by atoms with E-state index in [1.807, 2.05) is 26.8 Å². The molecule has 0 bridgehead atoms. The van der Waals surface area contributed by atoms with Gasteiger partial charge in [0, 0.05) is 5.41 Å². The van der Waals surface area contributed by atoms with Crippen molar-refractivity contribution in [2.45, 2.75) is 71.8 Å². The van der Waals surface area contributed by atoms with Crippen molar-refractivity contribution in [3.05, 3.63) is 66.5 Å². The summed E-state index contributed by atoms with van der Waals surface area (Å²) in [5.74, 6) is 1.73. The fourth-order valence-electron chi connectivity index (χ4n) is 4.70. The average Bonchev–Trinajstić information content (AvgIpc) is 2.51. The predicted molar refractivity (Wildman–Crippen MR) is 115 cm³/mol. The van der Waals surface area contributed by atoms with Crippen molar-refractivity contribution in [3.8, 4) is 5.75 Å². The monoisotopic (exact) mass is 368 g/mol. The van der Waals surface area contributed by atoms with Gasteiger partial charge in [0.05, 0.1) is 0 Å². The minimum Gasteiger partial charge on any atom is -0.508 e. The first kappa shape index (κ1) is 21.3. The molecule has 1 aliphatic rings. The van der Waals surface area contributed by atoms with Crippen molar-refractivity contribution in [1.29, 1.82) is 0 Å². The highest BCUT2D eigenvalue weighted by Crippen LogP contribution is 2.51. The van der Waals surface area contributed by atoms with Gasteiger partial charge in [0.15, 0.2) is 0 Å². The molecule has 2 nitrogen and oxygen atoms in total. The molecule has 1 aromatic rings. The average molecular weight is 369 g/mol. The van der Waals surface area contributed by atoms with E-state index < -0.39 is 0 Å². The highest BCUT2D eigenvalue weighted by Gasteiger charge is 2.42. The Morgan fingerprint density at radius 2 is 1.81 bits per heavy atom. The number of rotatable bonds is 5. The summed E-state index contributed by atoms with van der Waals surface area (Å²) in [4.78, 5) is 0. The minimum atomic E-state index is -0.246. The van der Waals surface area contributed by atoms with E-state index in [1.54, 1.807) is 18.2 Å². The Balaban J connectivity index is 2.41. The number of hydrogen-bond acceptors (Lipinski definition) is 2. The van der Waals surface area contributed by atoms with Crippen LogP contribution in [0.25, 0.3) is 0 Å². The molecule has 27 heavy (non-hydrogen) atoms.